The topological polar surface area (TPSA) is 76.8 Å². The zero-order chi connectivity index (χ0) is 15.2. The van der Waals surface area contributed by atoms with Gasteiger partial charge in [-0.1, -0.05) is 0 Å². The number of rotatable bonds is 6. The SMILES string of the molecule is O=C(NCCCn1ccnc1)c1ccn([C@H]2CCCNC2)n1. The van der Waals surface area contributed by atoms with Crippen LogP contribution < -0.4 is 10.6 Å². The zero-order valence-electron chi connectivity index (χ0n) is 12.6. The van der Waals surface area contributed by atoms with Crippen LogP contribution in [-0.4, -0.2) is 44.9 Å². The van der Waals surface area contributed by atoms with Crippen molar-refractivity contribution in [2.75, 3.05) is 19.6 Å². The van der Waals surface area contributed by atoms with E-state index in [-0.39, 0.29) is 5.91 Å². The minimum absolute atomic E-state index is 0.104. The Morgan fingerprint density at radius 2 is 2.41 bits per heavy atom. The van der Waals surface area contributed by atoms with Crippen molar-refractivity contribution in [3.63, 3.8) is 0 Å². The molecule has 1 aliphatic heterocycles. The molecular formula is C15H22N6O. The standard InChI is InChI=1S/C15H22N6O/c22-15(18-6-2-8-20-10-7-17-12-20)14-4-9-21(19-14)13-3-1-5-16-11-13/h4,7,9-10,12-13,16H,1-3,5-6,8,11H2,(H,18,22)/t13-/m0/s1. The van der Waals surface area contributed by atoms with Crippen molar-refractivity contribution in [1.82, 2.24) is 30.0 Å². The zero-order valence-corrected chi connectivity index (χ0v) is 12.6. The Bertz CT molecular complexity index is 585. The van der Waals surface area contributed by atoms with E-state index in [1.54, 1.807) is 18.6 Å². The summed E-state index contributed by atoms with van der Waals surface area (Å²) >= 11 is 0. The van der Waals surface area contributed by atoms with Gasteiger partial charge in [-0.15, -0.1) is 0 Å². The predicted octanol–water partition coefficient (Wildman–Crippen LogP) is 0.824. The minimum atomic E-state index is -0.104. The number of carbonyl (C=O) groups is 1. The molecule has 118 valence electrons. The van der Waals surface area contributed by atoms with E-state index in [0.29, 0.717) is 18.3 Å². The monoisotopic (exact) mass is 302 g/mol. The van der Waals surface area contributed by atoms with Gasteiger partial charge in [0, 0.05) is 38.2 Å². The van der Waals surface area contributed by atoms with Crippen molar-refractivity contribution in [2.24, 2.45) is 0 Å². The lowest BCUT2D eigenvalue weighted by molar-refractivity contribution is 0.0946. The van der Waals surface area contributed by atoms with Gasteiger partial charge in [-0.25, -0.2) is 4.98 Å². The molecule has 7 nitrogen and oxygen atoms in total. The highest BCUT2D eigenvalue weighted by molar-refractivity contribution is 5.92. The van der Waals surface area contributed by atoms with Crippen molar-refractivity contribution in [3.05, 3.63) is 36.7 Å². The van der Waals surface area contributed by atoms with E-state index in [9.17, 15) is 4.79 Å². The molecule has 3 rings (SSSR count). The quantitative estimate of drug-likeness (QED) is 0.775. The van der Waals surface area contributed by atoms with E-state index in [2.05, 4.69) is 20.7 Å². The molecule has 0 saturated carbocycles. The number of hydrogen-bond acceptors (Lipinski definition) is 4. The summed E-state index contributed by atoms with van der Waals surface area (Å²) < 4.78 is 3.91. The first-order valence-electron chi connectivity index (χ1n) is 7.83. The Labute approximate surface area is 129 Å². The molecule has 0 spiro atoms. The Kier molecular flexibility index (Phi) is 4.85. The third-order valence-corrected chi connectivity index (χ3v) is 3.92. The largest absolute Gasteiger partial charge is 0.351 e. The molecule has 1 saturated heterocycles. The van der Waals surface area contributed by atoms with Crippen LogP contribution in [0.4, 0.5) is 0 Å². The van der Waals surface area contributed by atoms with Gasteiger partial charge in [-0.05, 0) is 31.9 Å². The number of imidazole rings is 1. The number of aryl methyl sites for hydroxylation is 1. The van der Waals surface area contributed by atoms with Gasteiger partial charge in [0.15, 0.2) is 0 Å². The molecule has 1 atom stereocenters. The lowest BCUT2D eigenvalue weighted by atomic mass is 10.1. The summed E-state index contributed by atoms with van der Waals surface area (Å²) in [6, 6.07) is 2.15. The normalized spacial score (nSPS) is 18.3. The van der Waals surface area contributed by atoms with E-state index in [0.717, 1.165) is 38.9 Å². The highest BCUT2D eigenvalue weighted by Crippen LogP contribution is 2.15. The fourth-order valence-corrected chi connectivity index (χ4v) is 2.69. The highest BCUT2D eigenvalue weighted by Gasteiger charge is 2.17. The average Bonchev–Trinajstić information content (AvgIpc) is 3.24. The third-order valence-electron chi connectivity index (χ3n) is 3.92. The minimum Gasteiger partial charge on any atom is -0.351 e. The molecule has 7 heteroatoms. The van der Waals surface area contributed by atoms with Crippen LogP contribution in [0.15, 0.2) is 31.0 Å². The lowest BCUT2D eigenvalue weighted by Gasteiger charge is -2.22. The number of carbonyl (C=O) groups excluding carboxylic acids is 1. The number of amides is 1. The van der Waals surface area contributed by atoms with Crippen LogP contribution in [0.3, 0.4) is 0 Å². The molecule has 0 aliphatic carbocycles. The maximum absolute atomic E-state index is 12.1. The lowest BCUT2D eigenvalue weighted by Crippen LogP contribution is -2.32. The molecule has 2 aromatic heterocycles. The first-order valence-corrected chi connectivity index (χ1v) is 7.83. The molecule has 22 heavy (non-hydrogen) atoms. The van der Waals surface area contributed by atoms with Crippen LogP contribution in [0, 0.1) is 0 Å². The summed E-state index contributed by atoms with van der Waals surface area (Å²) in [7, 11) is 0. The van der Waals surface area contributed by atoms with Crippen molar-refractivity contribution < 1.29 is 4.79 Å². The summed E-state index contributed by atoms with van der Waals surface area (Å²) in [5.41, 5.74) is 0.494. The van der Waals surface area contributed by atoms with Crippen LogP contribution in [0.1, 0.15) is 35.8 Å². The number of aromatic nitrogens is 4. The van der Waals surface area contributed by atoms with E-state index in [4.69, 9.17) is 0 Å². The van der Waals surface area contributed by atoms with Crippen LogP contribution in [0.2, 0.25) is 0 Å². The van der Waals surface area contributed by atoms with Crippen LogP contribution in [-0.2, 0) is 6.54 Å². The van der Waals surface area contributed by atoms with Crippen LogP contribution >= 0.6 is 0 Å². The second-order valence-corrected chi connectivity index (χ2v) is 5.59. The number of nitrogens with zero attached hydrogens (tertiary/aromatic N) is 4. The number of piperidine rings is 1. The van der Waals surface area contributed by atoms with Gasteiger partial charge in [-0.3, -0.25) is 9.48 Å². The fourth-order valence-electron chi connectivity index (χ4n) is 2.69. The molecular weight excluding hydrogens is 280 g/mol. The molecule has 0 unspecified atom stereocenters. The van der Waals surface area contributed by atoms with Gasteiger partial charge in [0.25, 0.3) is 5.91 Å². The summed E-state index contributed by atoms with van der Waals surface area (Å²) in [5.74, 6) is -0.104. The van der Waals surface area contributed by atoms with Crippen molar-refractivity contribution in [2.45, 2.75) is 31.8 Å². The maximum atomic E-state index is 12.1. The van der Waals surface area contributed by atoms with E-state index in [1.807, 2.05) is 21.6 Å². The van der Waals surface area contributed by atoms with Gasteiger partial charge in [0.05, 0.1) is 12.4 Å². The van der Waals surface area contributed by atoms with E-state index in [1.165, 1.54) is 0 Å². The number of hydrogen-bond donors (Lipinski definition) is 2. The van der Waals surface area contributed by atoms with Gasteiger partial charge in [0.1, 0.15) is 5.69 Å². The van der Waals surface area contributed by atoms with E-state index < -0.39 is 0 Å². The molecule has 2 N–H and O–H groups in total. The van der Waals surface area contributed by atoms with Crippen LogP contribution in [0.25, 0.3) is 0 Å². The van der Waals surface area contributed by atoms with E-state index >= 15 is 0 Å². The second-order valence-electron chi connectivity index (χ2n) is 5.59. The summed E-state index contributed by atoms with van der Waals surface area (Å²) in [6.07, 6.45) is 10.5. The summed E-state index contributed by atoms with van der Waals surface area (Å²) in [5, 5.41) is 10.7. The molecule has 0 aromatic carbocycles. The molecule has 1 aliphatic rings. The Balaban J connectivity index is 1.44. The maximum Gasteiger partial charge on any atom is 0.271 e. The molecule has 0 radical (unpaired) electrons. The van der Waals surface area contributed by atoms with Gasteiger partial charge < -0.3 is 15.2 Å². The average molecular weight is 302 g/mol. The Hall–Kier alpha value is -2.15. The first-order chi connectivity index (χ1) is 10.8. The van der Waals surface area contributed by atoms with Crippen molar-refractivity contribution >= 4 is 5.91 Å². The predicted molar refractivity (Wildman–Crippen MR) is 82.5 cm³/mol. The molecule has 3 heterocycles. The summed E-state index contributed by atoms with van der Waals surface area (Å²) in [6.45, 7) is 3.48. The number of nitrogens with one attached hydrogen (secondary N) is 2. The summed E-state index contributed by atoms with van der Waals surface area (Å²) in [4.78, 5) is 16.1. The molecule has 0 bridgehead atoms. The highest BCUT2D eigenvalue weighted by atomic mass is 16.1. The molecule has 2 aromatic rings. The third kappa shape index (κ3) is 3.73. The first kappa shape index (κ1) is 14.8. The van der Waals surface area contributed by atoms with Crippen molar-refractivity contribution in [3.8, 4) is 0 Å². The van der Waals surface area contributed by atoms with Gasteiger partial charge >= 0.3 is 0 Å². The second kappa shape index (κ2) is 7.22. The van der Waals surface area contributed by atoms with Crippen molar-refractivity contribution in [1.29, 1.82) is 0 Å². The van der Waals surface area contributed by atoms with Gasteiger partial charge in [-0.2, -0.15) is 5.10 Å². The molecule has 1 fully saturated rings. The smallest absolute Gasteiger partial charge is 0.271 e. The Morgan fingerprint density at radius 1 is 1.45 bits per heavy atom. The van der Waals surface area contributed by atoms with Gasteiger partial charge in [0.2, 0.25) is 0 Å². The Morgan fingerprint density at radius 3 is 3.18 bits per heavy atom. The molecule has 1 amide bonds. The van der Waals surface area contributed by atoms with Crippen LogP contribution in [0.5, 0.6) is 0 Å². The fraction of sp³-hybridized carbons (Fsp3) is 0.533.